The van der Waals surface area contributed by atoms with Crippen LogP contribution in [0, 0.1) is 0 Å². The molecule has 0 fully saturated rings. The average molecular weight is 410 g/mol. The molecule has 0 aliphatic heterocycles. The Labute approximate surface area is 172 Å². The predicted octanol–water partition coefficient (Wildman–Crippen LogP) is 5.57. The third kappa shape index (κ3) is 4.03. The number of para-hydroxylation sites is 3. The van der Waals surface area contributed by atoms with Crippen LogP contribution in [0.4, 0.5) is 5.69 Å². The van der Waals surface area contributed by atoms with Crippen molar-refractivity contribution in [3.05, 3.63) is 94.2 Å². The van der Waals surface area contributed by atoms with Gasteiger partial charge in [-0.25, -0.2) is 4.98 Å². The first-order valence-electron chi connectivity index (χ1n) is 8.83. The number of hydrogen-bond acceptors (Lipinski definition) is 2. The number of nitrogens with one attached hydrogen (secondary N) is 1. The summed E-state index contributed by atoms with van der Waals surface area (Å²) in [5, 5.41) is 4.07. The number of carbonyl (C=O) groups is 1. The lowest BCUT2D eigenvalue weighted by Crippen LogP contribution is -2.20. The summed E-state index contributed by atoms with van der Waals surface area (Å²) in [6, 6.07) is 22.6. The number of benzene rings is 3. The van der Waals surface area contributed by atoms with Gasteiger partial charge in [-0.2, -0.15) is 0 Å². The summed E-state index contributed by atoms with van der Waals surface area (Å²) in [5.74, 6) is 0.659. The molecule has 3 aromatic carbocycles. The van der Waals surface area contributed by atoms with Crippen molar-refractivity contribution in [2.75, 3.05) is 5.32 Å². The van der Waals surface area contributed by atoms with E-state index in [0.717, 1.165) is 22.4 Å². The van der Waals surface area contributed by atoms with Crippen LogP contribution < -0.4 is 5.32 Å². The van der Waals surface area contributed by atoms with Gasteiger partial charge in [-0.1, -0.05) is 59.6 Å². The van der Waals surface area contributed by atoms with E-state index >= 15 is 0 Å². The van der Waals surface area contributed by atoms with Crippen molar-refractivity contribution >= 4 is 45.8 Å². The summed E-state index contributed by atoms with van der Waals surface area (Å²) >= 11 is 12.1. The fourth-order valence-electron chi connectivity index (χ4n) is 3.12. The van der Waals surface area contributed by atoms with Crippen LogP contribution in [-0.2, 0) is 17.8 Å². The number of amides is 1. The van der Waals surface area contributed by atoms with Crippen LogP contribution in [0.3, 0.4) is 0 Å². The molecule has 1 N–H and O–H groups in total. The number of hydrogen-bond donors (Lipinski definition) is 1. The van der Waals surface area contributed by atoms with Gasteiger partial charge in [0, 0.05) is 11.4 Å². The molecular formula is C22H17Cl2N3O. The molecule has 0 bridgehead atoms. The average Bonchev–Trinajstić information content (AvgIpc) is 3.03. The van der Waals surface area contributed by atoms with Gasteiger partial charge >= 0.3 is 0 Å². The molecule has 1 amide bonds. The molecule has 6 heteroatoms. The van der Waals surface area contributed by atoms with Gasteiger partial charge in [-0.15, -0.1) is 0 Å². The van der Waals surface area contributed by atoms with Crippen molar-refractivity contribution in [1.82, 2.24) is 9.55 Å². The normalized spacial score (nSPS) is 10.9. The Balaban J connectivity index is 1.64. The first-order valence-corrected chi connectivity index (χ1v) is 9.59. The second kappa shape index (κ2) is 8.05. The highest BCUT2D eigenvalue weighted by Gasteiger charge is 2.15. The van der Waals surface area contributed by atoms with E-state index in [1.54, 1.807) is 12.1 Å². The Morgan fingerprint density at radius 2 is 1.64 bits per heavy atom. The quantitative estimate of drug-likeness (QED) is 0.468. The largest absolute Gasteiger partial charge is 0.323 e. The molecule has 0 saturated carbocycles. The van der Waals surface area contributed by atoms with Crippen molar-refractivity contribution in [3.8, 4) is 0 Å². The zero-order valence-corrected chi connectivity index (χ0v) is 16.4. The van der Waals surface area contributed by atoms with E-state index in [-0.39, 0.29) is 12.5 Å². The topological polar surface area (TPSA) is 46.9 Å². The molecule has 0 aliphatic rings. The van der Waals surface area contributed by atoms with Gasteiger partial charge in [0.15, 0.2) is 0 Å². The standard InChI is InChI=1S/C22H17Cl2N3O/c23-16-11-9-15(10-12-16)13-21-25-19-7-3-4-8-20(19)27(21)14-22(28)26-18-6-2-1-5-17(18)24/h1-12H,13-14H2,(H,26,28). The second-order valence-electron chi connectivity index (χ2n) is 6.43. The third-order valence-corrected chi connectivity index (χ3v) is 5.04. The molecule has 4 nitrogen and oxygen atoms in total. The van der Waals surface area contributed by atoms with Gasteiger partial charge in [0.05, 0.1) is 21.7 Å². The monoisotopic (exact) mass is 409 g/mol. The molecule has 0 radical (unpaired) electrons. The minimum absolute atomic E-state index is 0.147. The number of carbonyl (C=O) groups excluding carboxylic acids is 1. The van der Waals surface area contributed by atoms with Gasteiger partial charge in [-0.3, -0.25) is 4.79 Å². The van der Waals surface area contributed by atoms with Crippen molar-refractivity contribution < 1.29 is 4.79 Å². The molecule has 1 heterocycles. The van der Waals surface area contributed by atoms with Crippen molar-refractivity contribution in [2.45, 2.75) is 13.0 Å². The second-order valence-corrected chi connectivity index (χ2v) is 7.28. The minimum Gasteiger partial charge on any atom is -0.323 e. The first-order chi connectivity index (χ1) is 13.6. The Morgan fingerprint density at radius 3 is 2.43 bits per heavy atom. The van der Waals surface area contributed by atoms with Gasteiger partial charge < -0.3 is 9.88 Å². The molecule has 0 spiro atoms. The molecule has 28 heavy (non-hydrogen) atoms. The maximum atomic E-state index is 12.7. The number of imidazole rings is 1. The van der Waals surface area contributed by atoms with E-state index in [9.17, 15) is 4.79 Å². The molecule has 140 valence electrons. The molecule has 4 rings (SSSR count). The highest BCUT2D eigenvalue weighted by Crippen LogP contribution is 2.22. The highest BCUT2D eigenvalue weighted by molar-refractivity contribution is 6.33. The summed E-state index contributed by atoms with van der Waals surface area (Å²) in [6.45, 7) is 0.147. The fourth-order valence-corrected chi connectivity index (χ4v) is 3.43. The lowest BCUT2D eigenvalue weighted by atomic mass is 10.1. The summed E-state index contributed by atoms with van der Waals surface area (Å²) < 4.78 is 1.94. The summed E-state index contributed by atoms with van der Waals surface area (Å²) in [4.78, 5) is 17.4. The molecule has 0 atom stereocenters. The van der Waals surface area contributed by atoms with Gasteiger partial charge in [0.25, 0.3) is 0 Å². The molecule has 0 saturated heterocycles. The van der Waals surface area contributed by atoms with Crippen molar-refractivity contribution in [1.29, 1.82) is 0 Å². The first kappa shape index (κ1) is 18.5. The Kier molecular flexibility index (Phi) is 5.33. The highest BCUT2D eigenvalue weighted by atomic mass is 35.5. The molecule has 4 aromatic rings. The predicted molar refractivity (Wildman–Crippen MR) is 114 cm³/mol. The van der Waals surface area contributed by atoms with E-state index in [0.29, 0.717) is 22.2 Å². The smallest absolute Gasteiger partial charge is 0.244 e. The number of anilines is 1. The number of fused-ring (bicyclic) bond motifs is 1. The van der Waals surface area contributed by atoms with Gasteiger partial charge in [0.1, 0.15) is 12.4 Å². The van der Waals surface area contributed by atoms with Crippen LogP contribution in [0.25, 0.3) is 11.0 Å². The van der Waals surface area contributed by atoms with Crippen molar-refractivity contribution in [3.63, 3.8) is 0 Å². The summed E-state index contributed by atoms with van der Waals surface area (Å²) in [7, 11) is 0. The van der Waals surface area contributed by atoms with Crippen molar-refractivity contribution in [2.24, 2.45) is 0 Å². The van der Waals surface area contributed by atoms with Crippen LogP contribution in [0.1, 0.15) is 11.4 Å². The zero-order valence-electron chi connectivity index (χ0n) is 14.9. The van der Waals surface area contributed by atoms with Crippen LogP contribution >= 0.6 is 23.2 Å². The van der Waals surface area contributed by atoms with E-state index in [2.05, 4.69) is 5.32 Å². The Morgan fingerprint density at radius 1 is 0.929 bits per heavy atom. The van der Waals surface area contributed by atoms with E-state index in [1.165, 1.54) is 0 Å². The Bertz CT molecular complexity index is 1140. The molecule has 0 unspecified atom stereocenters. The van der Waals surface area contributed by atoms with Crippen LogP contribution in [-0.4, -0.2) is 15.5 Å². The molecular weight excluding hydrogens is 393 g/mol. The maximum absolute atomic E-state index is 12.7. The maximum Gasteiger partial charge on any atom is 0.244 e. The SMILES string of the molecule is O=C(Cn1c(Cc2ccc(Cl)cc2)nc2ccccc21)Nc1ccccc1Cl. The fraction of sp³-hybridized carbons (Fsp3) is 0.0909. The number of halogens is 2. The minimum atomic E-state index is -0.159. The van der Waals surface area contributed by atoms with Gasteiger partial charge in [-0.05, 0) is 42.0 Å². The van der Waals surface area contributed by atoms with E-state index in [1.807, 2.05) is 65.2 Å². The number of nitrogens with zero attached hydrogens (tertiary/aromatic N) is 2. The van der Waals surface area contributed by atoms with E-state index < -0.39 is 0 Å². The molecule has 1 aromatic heterocycles. The van der Waals surface area contributed by atoms with Crippen LogP contribution in [0.15, 0.2) is 72.8 Å². The number of rotatable bonds is 5. The molecule has 0 aliphatic carbocycles. The summed E-state index contributed by atoms with van der Waals surface area (Å²) in [5.41, 5.74) is 3.45. The Hall–Kier alpha value is -2.82. The summed E-state index contributed by atoms with van der Waals surface area (Å²) in [6.07, 6.45) is 0.602. The lowest BCUT2D eigenvalue weighted by molar-refractivity contribution is -0.116. The zero-order chi connectivity index (χ0) is 19.5. The van der Waals surface area contributed by atoms with E-state index in [4.69, 9.17) is 28.2 Å². The van der Waals surface area contributed by atoms with Crippen LogP contribution in [0.2, 0.25) is 10.0 Å². The van der Waals surface area contributed by atoms with Gasteiger partial charge in [0.2, 0.25) is 5.91 Å². The third-order valence-electron chi connectivity index (χ3n) is 4.46. The lowest BCUT2D eigenvalue weighted by Gasteiger charge is -2.11. The number of aromatic nitrogens is 2. The van der Waals surface area contributed by atoms with Crippen LogP contribution in [0.5, 0.6) is 0 Å².